The van der Waals surface area contributed by atoms with E-state index in [1.165, 1.54) is 0 Å². The van der Waals surface area contributed by atoms with Gasteiger partial charge in [0, 0.05) is 63.2 Å². The van der Waals surface area contributed by atoms with Gasteiger partial charge in [-0.05, 0) is 49.9 Å². The number of carbonyl (C=O) groups excluding carboxylic acids is 6. The molecule has 4 rings (SSSR count). The van der Waals surface area contributed by atoms with Crippen LogP contribution in [0.25, 0.3) is 0 Å². The molecule has 0 heterocycles. The largest absolute Gasteiger partial charge is 0.356 e. The van der Waals surface area contributed by atoms with Crippen molar-refractivity contribution in [2.75, 3.05) is 36.8 Å². The number of rotatable bonds is 20. The van der Waals surface area contributed by atoms with Gasteiger partial charge in [-0.25, -0.2) is 43.9 Å². The van der Waals surface area contributed by atoms with E-state index in [0.717, 1.165) is 0 Å². The van der Waals surface area contributed by atoms with Gasteiger partial charge in [0.15, 0.2) is 46.5 Å². The molecule has 0 aromatic heterocycles. The number of hydrogen-bond acceptors (Lipinski definition) is 6. The Morgan fingerprint density at radius 2 is 0.578 bits per heavy atom. The molecule has 12 nitrogen and oxygen atoms in total. The molecule has 22 heteroatoms. The normalized spacial score (nSPS) is 10.5. The maximum absolute atomic E-state index is 13.6. The van der Waals surface area contributed by atoms with E-state index in [1.807, 2.05) is 22.8 Å². The Morgan fingerprint density at radius 3 is 0.875 bits per heavy atom. The van der Waals surface area contributed by atoms with E-state index in [4.69, 9.17) is 0 Å². The minimum absolute atomic E-state index is 0.0570. The molecular formula is C42H40F10N6O6. The van der Waals surface area contributed by atoms with Gasteiger partial charge < -0.3 is 31.9 Å². The van der Waals surface area contributed by atoms with Crippen LogP contribution in [0.1, 0.15) is 72.1 Å². The second kappa shape index (κ2) is 25.8. The Hall–Kier alpha value is -7.00. The molecule has 0 atom stereocenters. The van der Waals surface area contributed by atoms with Crippen LogP contribution < -0.4 is 31.9 Å². The molecule has 0 saturated carbocycles. The van der Waals surface area contributed by atoms with Gasteiger partial charge in [-0.2, -0.15) is 0 Å². The molecule has 0 aliphatic carbocycles. The third-order valence-electron chi connectivity index (χ3n) is 8.53. The highest BCUT2D eigenvalue weighted by Crippen LogP contribution is 2.24. The molecule has 0 saturated heterocycles. The Balaban J connectivity index is 0.000000340. The Bertz CT molecular complexity index is 2070. The quantitative estimate of drug-likeness (QED) is 0.0245. The van der Waals surface area contributed by atoms with E-state index in [-0.39, 0.29) is 88.3 Å². The molecule has 0 aliphatic rings. The summed E-state index contributed by atoms with van der Waals surface area (Å²) in [6, 6.07) is 17.7. The average molecular weight is 915 g/mol. The third kappa shape index (κ3) is 15.7. The number of amides is 6. The molecule has 0 spiro atoms. The number of anilines is 2. The highest BCUT2D eigenvalue weighted by Gasteiger charge is 2.31. The summed E-state index contributed by atoms with van der Waals surface area (Å²) in [5.41, 5.74) is -1.84. The van der Waals surface area contributed by atoms with Crippen molar-refractivity contribution in [1.82, 2.24) is 21.3 Å². The van der Waals surface area contributed by atoms with Gasteiger partial charge in [-0.3, -0.25) is 28.8 Å². The van der Waals surface area contributed by atoms with E-state index < -0.39 is 81.1 Å². The maximum Gasteiger partial charge on any atom is 0.257 e. The van der Waals surface area contributed by atoms with Crippen LogP contribution in [0.5, 0.6) is 0 Å². The van der Waals surface area contributed by atoms with E-state index >= 15 is 0 Å². The summed E-state index contributed by atoms with van der Waals surface area (Å²) >= 11 is 0. The molecule has 0 unspecified atom stereocenters. The minimum Gasteiger partial charge on any atom is -0.356 e. The molecule has 4 aromatic carbocycles. The molecular weight excluding hydrogens is 874 g/mol. The second-order valence-corrected chi connectivity index (χ2v) is 13.3. The summed E-state index contributed by atoms with van der Waals surface area (Å²) < 4.78 is 133. The predicted molar refractivity (Wildman–Crippen MR) is 210 cm³/mol. The Kier molecular flexibility index (Phi) is 20.7. The summed E-state index contributed by atoms with van der Waals surface area (Å²) in [5.74, 6) is -26.7. The number of hydrogen-bond donors (Lipinski definition) is 6. The average Bonchev–Trinajstić information content (AvgIpc) is 3.27. The van der Waals surface area contributed by atoms with Crippen LogP contribution in [0.4, 0.5) is 55.3 Å². The minimum atomic E-state index is -2.36. The van der Waals surface area contributed by atoms with E-state index in [0.29, 0.717) is 24.2 Å². The highest BCUT2D eigenvalue weighted by molar-refractivity contribution is 5.95. The standard InChI is InChI=1S/2C21H20F5N3O3/c2*22-16-15(17(23)19(25)20(26)18(16)24)21(32)28-11-4-8-13(30)27-10-5-9-14(31)29-12-6-2-1-3-7-12/h2*1-3,6-7H,4-5,8-11H2,(H,27,30)(H,28,32)(H,29,31). The SMILES string of the molecule is O=C(CCCNC(=O)c1c(F)c(F)c(F)c(F)c1F)NCCCC(=O)Nc1ccccc1.O=C(CCCNC(=O)c1c(F)c(F)c(F)c(F)c1F)NCCCC(=O)Nc1ccccc1. The number of para-hydroxylation sites is 2. The number of benzene rings is 4. The molecule has 4 aromatic rings. The van der Waals surface area contributed by atoms with Gasteiger partial charge in [0.2, 0.25) is 35.3 Å². The first-order valence-electron chi connectivity index (χ1n) is 19.3. The van der Waals surface area contributed by atoms with Crippen LogP contribution in [0.15, 0.2) is 60.7 Å². The van der Waals surface area contributed by atoms with Gasteiger partial charge in [-0.15, -0.1) is 0 Å². The number of carbonyl (C=O) groups is 6. The third-order valence-corrected chi connectivity index (χ3v) is 8.53. The summed E-state index contributed by atoms with van der Waals surface area (Å²) in [6.45, 7) is 0.00632. The van der Waals surface area contributed by atoms with Crippen molar-refractivity contribution in [2.45, 2.75) is 51.4 Å². The Labute approximate surface area is 358 Å². The van der Waals surface area contributed by atoms with Crippen LogP contribution in [0.3, 0.4) is 0 Å². The van der Waals surface area contributed by atoms with Crippen molar-refractivity contribution >= 4 is 46.8 Å². The fourth-order valence-electron chi connectivity index (χ4n) is 5.31. The van der Waals surface area contributed by atoms with Gasteiger partial charge in [0.25, 0.3) is 11.8 Å². The lowest BCUT2D eigenvalue weighted by molar-refractivity contribution is -0.122. The van der Waals surface area contributed by atoms with Crippen molar-refractivity contribution in [3.05, 3.63) is 130 Å². The smallest absolute Gasteiger partial charge is 0.257 e. The lowest BCUT2D eigenvalue weighted by Crippen LogP contribution is -2.30. The first-order chi connectivity index (χ1) is 30.4. The summed E-state index contributed by atoms with van der Waals surface area (Å²) in [5, 5.41) is 14.6. The zero-order valence-corrected chi connectivity index (χ0v) is 33.5. The van der Waals surface area contributed by atoms with Crippen LogP contribution in [0, 0.1) is 58.2 Å². The fraction of sp³-hybridized carbons (Fsp3) is 0.286. The van der Waals surface area contributed by atoms with Crippen molar-refractivity contribution in [3.63, 3.8) is 0 Å². The van der Waals surface area contributed by atoms with Gasteiger partial charge >= 0.3 is 0 Å². The molecule has 0 aliphatic heterocycles. The van der Waals surface area contributed by atoms with Crippen molar-refractivity contribution in [3.8, 4) is 0 Å². The lowest BCUT2D eigenvalue weighted by Gasteiger charge is -2.09. The first kappa shape index (κ1) is 51.4. The zero-order valence-electron chi connectivity index (χ0n) is 33.5. The summed E-state index contributed by atoms with van der Waals surface area (Å²) in [6.07, 6.45) is 1.15. The van der Waals surface area contributed by atoms with E-state index in [1.54, 1.807) is 48.5 Å². The van der Waals surface area contributed by atoms with Crippen LogP contribution in [-0.4, -0.2) is 61.6 Å². The molecule has 0 fully saturated rings. The molecule has 344 valence electrons. The van der Waals surface area contributed by atoms with Gasteiger partial charge in [-0.1, -0.05) is 36.4 Å². The van der Waals surface area contributed by atoms with E-state index in [2.05, 4.69) is 21.3 Å². The van der Waals surface area contributed by atoms with Crippen LogP contribution in [0.2, 0.25) is 0 Å². The number of halogens is 10. The predicted octanol–water partition coefficient (Wildman–Crippen LogP) is 6.85. The van der Waals surface area contributed by atoms with Crippen LogP contribution >= 0.6 is 0 Å². The summed E-state index contributed by atoms with van der Waals surface area (Å²) in [4.78, 5) is 70.6. The Morgan fingerprint density at radius 1 is 0.328 bits per heavy atom. The number of nitrogens with one attached hydrogen (secondary N) is 6. The molecule has 6 N–H and O–H groups in total. The van der Waals surface area contributed by atoms with Crippen molar-refractivity contribution in [2.24, 2.45) is 0 Å². The van der Waals surface area contributed by atoms with Crippen molar-refractivity contribution in [1.29, 1.82) is 0 Å². The molecule has 64 heavy (non-hydrogen) atoms. The molecule has 0 radical (unpaired) electrons. The highest BCUT2D eigenvalue weighted by atomic mass is 19.2. The maximum atomic E-state index is 13.6. The lowest BCUT2D eigenvalue weighted by atomic mass is 10.1. The van der Waals surface area contributed by atoms with E-state index in [9.17, 15) is 72.7 Å². The zero-order chi connectivity index (χ0) is 47.3. The van der Waals surface area contributed by atoms with Crippen LogP contribution in [-0.2, 0) is 19.2 Å². The summed E-state index contributed by atoms with van der Waals surface area (Å²) in [7, 11) is 0. The molecule has 6 amide bonds. The monoisotopic (exact) mass is 914 g/mol. The van der Waals surface area contributed by atoms with Crippen molar-refractivity contribution < 1.29 is 72.7 Å². The fourth-order valence-corrected chi connectivity index (χ4v) is 5.31. The van der Waals surface area contributed by atoms with Gasteiger partial charge in [0.1, 0.15) is 11.1 Å². The van der Waals surface area contributed by atoms with Gasteiger partial charge in [0.05, 0.1) is 0 Å². The topological polar surface area (TPSA) is 175 Å². The first-order valence-corrected chi connectivity index (χ1v) is 19.3. The molecule has 0 bridgehead atoms. The second-order valence-electron chi connectivity index (χ2n) is 13.3.